The van der Waals surface area contributed by atoms with Crippen LogP contribution in [0.1, 0.15) is 21.7 Å². The Hall–Kier alpha value is -3.36. The van der Waals surface area contributed by atoms with Gasteiger partial charge in [0.1, 0.15) is 5.82 Å². The highest BCUT2D eigenvalue weighted by molar-refractivity contribution is 7.12. The minimum absolute atomic E-state index is 0.0245. The first-order chi connectivity index (χ1) is 16.0. The molecule has 33 heavy (non-hydrogen) atoms. The van der Waals surface area contributed by atoms with Gasteiger partial charge < -0.3 is 4.90 Å². The van der Waals surface area contributed by atoms with Crippen molar-refractivity contribution in [1.82, 2.24) is 4.90 Å². The SMILES string of the molecule is O=C(c1ccc(N2CCN([C@@H]3CC(=O)N(c4ccc(F)cc4)C3=O)CC2)cc1)c1cccs1. The lowest BCUT2D eigenvalue weighted by Crippen LogP contribution is -2.52. The Bertz CT molecular complexity index is 1170. The van der Waals surface area contributed by atoms with Gasteiger partial charge in [0.2, 0.25) is 11.7 Å². The number of ketones is 1. The molecule has 1 aromatic heterocycles. The molecule has 0 radical (unpaired) electrons. The maximum atomic E-state index is 13.2. The minimum atomic E-state index is -0.490. The highest BCUT2D eigenvalue weighted by Crippen LogP contribution is 2.27. The van der Waals surface area contributed by atoms with Crippen molar-refractivity contribution in [3.8, 4) is 0 Å². The topological polar surface area (TPSA) is 60.9 Å². The van der Waals surface area contributed by atoms with Crippen molar-refractivity contribution in [3.05, 3.63) is 82.3 Å². The lowest BCUT2D eigenvalue weighted by molar-refractivity contribution is -0.123. The van der Waals surface area contributed by atoms with Gasteiger partial charge in [-0.1, -0.05) is 6.07 Å². The number of hydrogen-bond acceptors (Lipinski definition) is 6. The number of benzene rings is 2. The summed E-state index contributed by atoms with van der Waals surface area (Å²) < 4.78 is 13.2. The molecule has 2 aliphatic heterocycles. The Morgan fingerprint density at radius 2 is 1.55 bits per heavy atom. The first-order valence-corrected chi connectivity index (χ1v) is 11.7. The van der Waals surface area contributed by atoms with Crippen molar-refractivity contribution in [2.24, 2.45) is 0 Å². The fourth-order valence-electron chi connectivity index (χ4n) is 4.43. The molecule has 0 N–H and O–H groups in total. The Morgan fingerprint density at radius 1 is 0.879 bits per heavy atom. The van der Waals surface area contributed by atoms with Gasteiger partial charge >= 0.3 is 0 Å². The maximum absolute atomic E-state index is 13.2. The zero-order chi connectivity index (χ0) is 22.9. The molecule has 1 atom stereocenters. The van der Waals surface area contributed by atoms with Crippen molar-refractivity contribution >= 4 is 40.3 Å². The van der Waals surface area contributed by atoms with Gasteiger partial charge in [0.25, 0.3) is 5.91 Å². The fraction of sp³-hybridized carbons (Fsp3) is 0.240. The molecule has 0 unspecified atom stereocenters. The highest BCUT2D eigenvalue weighted by atomic mass is 32.1. The third-order valence-corrected chi connectivity index (χ3v) is 7.07. The predicted molar refractivity (Wildman–Crippen MR) is 125 cm³/mol. The molecule has 0 aliphatic carbocycles. The van der Waals surface area contributed by atoms with E-state index in [4.69, 9.17) is 0 Å². The summed E-state index contributed by atoms with van der Waals surface area (Å²) in [5.41, 5.74) is 2.10. The summed E-state index contributed by atoms with van der Waals surface area (Å²) in [5, 5.41) is 1.89. The van der Waals surface area contributed by atoms with Gasteiger partial charge in [0, 0.05) is 37.4 Å². The van der Waals surface area contributed by atoms with Crippen molar-refractivity contribution < 1.29 is 18.8 Å². The monoisotopic (exact) mass is 463 g/mol. The number of rotatable bonds is 5. The molecule has 0 saturated carbocycles. The molecule has 5 rings (SSSR count). The molecule has 2 fully saturated rings. The fourth-order valence-corrected chi connectivity index (χ4v) is 5.11. The second-order valence-electron chi connectivity index (χ2n) is 8.14. The van der Waals surface area contributed by atoms with Crippen LogP contribution in [-0.2, 0) is 9.59 Å². The van der Waals surface area contributed by atoms with Crippen LogP contribution in [0.3, 0.4) is 0 Å². The molecule has 6 nitrogen and oxygen atoms in total. The van der Waals surface area contributed by atoms with Crippen LogP contribution in [0.15, 0.2) is 66.0 Å². The Balaban J connectivity index is 1.21. The number of carbonyl (C=O) groups excluding carboxylic acids is 3. The zero-order valence-corrected chi connectivity index (χ0v) is 18.6. The van der Waals surface area contributed by atoms with Crippen LogP contribution in [0.2, 0.25) is 0 Å². The van der Waals surface area contributed by atoms with E-state index in [-0.39, 0.29) is 24.0 Å². The molecule has 8 heteroatoms. The third kappa shape index (κ3) is 4.19. The smallest absolute Gasteiger partial charge is 0.251 e. The number of halogens is 1. The molecule has 3 heterocycles. The van der Waals surface area contributed by atoms with E-state index in [1.165, 1.54) is 40.5 Å². The summed E-state index contributed by atoms with van der Waals surface area (Å²) in [6.45, 7) is 2.73. The average molecular weight is 464 g/mol. The summed E-state index contributed by atoms with van der Waals surface area (Å²) in [6.07, 6.45) is 0.135. The number of piperazine rings is 1. The predicted octanol–water partition coefficient (Wildman–Crippen LogP) is 3.57. The van der Waals surface area contributed by atoms with Crippen molar-refractivity contribution in [1.29, 1.82) is 0 Å². The molecule has 2 aromatic carbocycles. The van der Waals surface area contributed by atoms with Crippen LogP contribution in [0, 0.1) is 5.82 Å². The van der Waals surface area contributed by atoms with Crippen molar-refractivity contribution in [2.75, 3.05) is 36.0 Å². The number of hydrogen-bond donors (Lipinski definition) is 0. The van der Waals surface area contributed by atoms with E-state index in [0.717, 1.165) is 10.6 Å². The standard InChI is InChI=1S/C25H22FN3O3S/c26-18-5-9-20(10-6-18)29-23(30)16-21(25(29)32)28-13-11-27(12-14-28)19-7-3-17(4-8-19)24(31)22-2-1-15-33-22/h1-10,15,21H,11-14,16H2/t21-/m1/s1. The molecular weight excluding hydrogens is 441 g/mol. The van der Waals surface area contributed by atoms with Crippen LogP contribution in [0.4, 0.5) is 15.8 Å². The molecule has 0 spiro atoms. The molecular formula is C25H22FN3O3S. The van der Waals surface area contributed by atoms with Crippen LogP contribution >= 0.6 is 11.3 Å². The van der Waals surface area contributed by atoms with E-state index in [9.17, 15) is 18.8 Å². The summed E-state index contributed by atoms with van der Waals surface area (Å²) in [6, 6.07) is 16.2. The van der Waals surface area contributed by atoms with Crippen molar-refractivity contribution in [3.63, 3.8) is 0 Å². The molecule has 3 aromatic rings. The quantitative estimate of drug-likeness (QED) is 0.428. The lowest BCUT2D eigenvalue weighted by Gasteiger charge is -2.38. The number of imide groups is 1. The van der Waals surface area contributed by atoms with E-state index in [1.54, 1.807) is 0 Å². The van der Waals surface area contributed by atoms with E-state index in [2.05, 4.69) is 9.80 Å². The van der Waals surface area contributed by atoms with Crippen LogP contribution < -0.4 is 9.80 Å². The van der Waals surface area contributed by atoms with Gasteiger partial charge in [0.05, 0.1) is 23.0 Å². The Kier molecular flexibility index (Phi) is 5.78. The molecule has 168 valence electrons. The summed E-state index contributed by atoms with van der Waals surface area (Å²) in [7, 11) is 0. The van der Waals surface area contributed by atoms with Gasteiger partial charge in [-0.25, -0.2) is 9.29 Å². The third-order valence-electron chi connectivity index (χ3n) is 6.20. The first kappa shape index (κ1) is 21.5. The zero-order valence-electron chi connectivity index (χ0n) is 17.8. The van der Waals surface area contributed by atoms with Gasteiger partial charge in [-0.05, 0) is 60.0 Å². The van der Waals surface area contributed by atoms with E-state index >= 15 is 0 Å². The van der Waals surface area contributed by atoms with Crippen LogP contribution in [0.25, 0.3) is 0 Å². The molecule has 2 aliphatic rings. The van der Waals surface area contributed by atoms with E-state index in [0.29, 0.717) is 37.4 Å². The first-order valence-electron chi connectivity index (χ1n) is 10.8. The second kappa shape index (κ2) is 8.88. The molecule has 0 bridgehead atoms. The molecule has 2 amide bonds. The van der Waals surface area contributed by atoms with Gasteiger partial charge in [-0.3, -0.25) is 19.3 Å². The number of carbonyl (C=O) groups is 3. The van der Waals surface area contributed by atoms with E-state index < -0.39 is 11.9 Å². The number of anilines is 2. The normalized spacial score (nSPS) is 19.4. The van der Waals surface area contributed by atoms with E-state index in [1.807, 2.05) is 41.8 Å². The summed E-state index contributed by atoms with van der Waals surface area (Å²) in [4.78, 5) is 44.2. The largest absolute Gasteiger partial charge is 0.369 e. The second-order valence-corrected chi connectivity index (χ2v) is 9.09. The van der Waals surface area contributed by atoms with Gasteiger partial charge in [-0.2, -0.15) is 0 Å². The summed E-state index contributed by atoms with van der Waals surface area (Å²) in [5.74, 6) is -0.896. The maximum Gasteiger partial charge on any atom is 0.251 e. The Morgan fingerprint density at radius 3 is 2.18 bits per heavy atom. The highest BCUT2D eigenvalue weighted by Gasteiger charge is 2.43. The summed E-state index contributed by atoms with van der Waals surface area (Å²) >= 11 is 1.43. The van der Waals surface area contributed by atoms with Gasteiger partial charge in [-0.15, -0.1) is 11.3 Å². The average Bonchev–Trinajstić information content (AvgIpc) is 3.48. The number of thiophene rings is 1. The van der Waals surface area contributed by atoms with Crippen LogP contribution in [0.5, 0.6) is 0 Å². The number of nitrogens with zero attached hydrogens (tertiary/aromatic N) is 3. The molecule has 2 saturated heterocycles. The van der Waals surface area contributed by atoms with Crippen molar-refractivity contribution in [2.45, 2.75) is 12.5 Å². The Labute approximate surface area is 194 Å². The minimum Gasteiger partial charge on any atom is -0.369 e. The van der Waals surface area contributed by atoms with Gasteiger partial charge in [0.15, 0.2) is 0 Å². The van der Waals surface area contributed by atoms with Crippen LogP contribution in [-0.4, -0.2) is 54.7 Å². The lowest BCUT2D eigenvalue weighted by atomic mass is 10.1. The number of amides is 2.